The number of nitrogens with zero attached hydrogens (tertiary/aromatic N) is 3. The molecule has 22 heavy (non-hydrogen) atoms. The second-order valence-corrected chi connectivity index (χ2v) is 8.31. The van der Waals surface area contributed by atoms with Crippen molar-refractivity contribution in [3.05, 3.63) is 24.2 Å². The molecule has 2 saturated heterocycles. The molecule has 0 amide bonds. The number of likely N-dealkylation sites (N-methyl/N-ethyl adjacent to an activating group) is 2. The van der Waals surface area contributed by atoms with E-state index in [1.54, 1.807) is 21.9 Å². The zero-order valence-electron chi connectivity index (χ0n) is 13.3. The van der Waals surface area contributed by atoms with Crippen molar-refractivity contribution in [2.45, 2.75) is 37.8 Å². The highest BCUT2D eigenvalue weighted by atomic mass is 32.2. The van der Waals surface area contributed by atoms with Gasteiger partial charge in [-0.15, -0.1) is 0 Å². The summed E-state index contributed by atoms with van der Waals surface area (Å²) in [6.07, 6.45) is 5.29. The van der Waals surface area contributed by atoms with E-state index in [9.17, 15) is 8.42 Å². The first kappa shape index (κ1) is 16.0. The fourth-order valence-electron chi connectivity index (χ4n) is 3.57. The van der Waals surface area contributed by atoms with Crippen LogP contribution in [-0.2, 0) is 10.2 Å². The number of likely N-dealkylation sites (tertiary alicyclic amines) is 1. The van der Waals surface area contributed by atoms with E-state index < -0.39 is 10.2 Å². The molecule has 0 radical (unpaired) electrons. The van der Waals surface area contributed by atoms with Crippen LogP contribution in [0.15, 0.2) is 22.8 Å². The molecule has 0 bridgehead atoms. The van der Waals surface area contributed by atoms with Crippen LogP contribution in [-0.4, -0.2) is 61.7 Å². The highest BCUT2D eigenvalue weighted by molar-refractivity contribution is 7.86. The zero-order chi connectivity index (χ0) is 15.7. The lowest BCUT2D eigenvalue weighted by molar-refractivity contribution is 0.179. The molecule has 0 unspecified atom stereocenters. The second-order valence-electron chi connectivity index (χ2n) is 6.37. The summed E-state index contributed by atoms with van der Waals surface area (Å²) in [5.41, 5.74) is 0. The van der Waals surface area contributed by atoms with Crippen molar-refractivity contribution in [2.75, 3.05) is 33.7 Å². The van der Waals surface area contributed by atoms with Gasteiger partial charge in [-0.2, -0.15) is 17.0 Å². The van der Waals surface area contributed by atoms with E-state index in [1.165, 1.54) is 0 Å². The molecule has 2 aliphatic rings. The van der Waals surface area contributed by atoms with Crippen LogP contribution in [0, 0.1) is 0 Å². The molecule has 1 aromatic heterocycles. The van der Waals surface area contributed by atoms with Gasteiger partial charge in [0.2, 0.25) is 0 Å². The molecule has 0 N–H and O–H groups in total. The summed E-state index contributed by atoms with van der Waals surface area (Å²) in [5.74, 6) is 0.746. The molecule has 2 aliphatic heterocycles. The van der Waals surface area contributed by atoms with Crippen LogP contribution < -0.4 is 0 Å². The highest BCUT2D eigenvalue weighted by Crippen LogP contribution is 2.36. The Hall–Kier alpha value is -0.890. The molecule has 1 aromatic rings. The van der Waals surface area contributed by atoms with Crippen molar-refractivity contribution in [3.8, 4) is 0 Å². The van der Waals surface area contributed by atoms with E-state index in [-0.39, 0.29) is 12.1 Å². The van der Waals surface area contributed by atoms with Crippen molar-refractivity contribution >= 4 is 10.2 Å². The van der Waals surface area contributed by atoms with E-state index in [0.717, 1.165) is 44.5 Å². The van der Waals surface area contributed by atoms with E-state index >= 15 is 0 Å². The predicted molar refractivity (Wildman–Crippen MR) is 84.6 cm³/mol. The maximum Gasteiger partial charge on any atom is 0.282 e. The molecule has 3 heterocycles. The smallest absolute Gasteiger partial charge is 0.282 e. The number of rotatable bonds is 4. The Morgan fingerprint density at radius 3 is 2.73 bits per heavy atom. The van der Waals surface area contributed by atoms with Crippen LogP contribution >= 0.6 is 0 Å². The molecule has 0 saturated carbocycles. The summed E-state index contributed by atoms with van der Waals surface area (Å²) in [7, 11) is 0.312. The van der Waals surface area contributed by atoms with Gasteiger partial charge < -0.3 is 9.32 Å². The van der Waals surface area contributed by atoms with E-state index in [0.29, 0.717) is 6.54 Å². The van der Waals surface area contributed by atoms with E-state index in [4.69, 9.17) is 4.42 Å². The van der Waals surface area contributed by atoms with Gasteiger partial charge in [0.15, 0.2) is 0 Å². The van der Waals surface area contributed by atoms with Crippen LogP contribution in [0.25, 0.3) is 0 Å². The summed E-state index contributed by atoms with van der Waals surface area (Å²) < 4.78 is 34.7. The fourth-order valence-corrected chi connectivity index (χ4v) is 5.34. The van der Waals surface area contributed by atoms with Gasteiger partial charge in [0.05, 0.1) is 12.3 Å². The minimum Gasteiger partial charge on any atom is -0.468 e. The lowest BCUT2D eigenvalue weighted by Crippen LogP contribution is -2.51. The number of piperidine rings is 1. The fraction of sp³-hybridized carbons (Fsp3) is 0.733. The Morgan fingerprint density at radius 2 is 2.05 bits per heavy atom. The van der Waals surface area contributed by atoms with Crippen LogP contribution in [0.4, 0.5) is 0 Å². The Morgan fingerprint density at radius 1 is 1.27 bits per heavy atom. The largest absolute Gasteiger partial charge is 0.468 e. The van der Waals surface area contributed by atoms with E-state index in [2.05, 4.69) is 4.90 Å². The third-order valence-corrected chi connectivity index (χ3v) is 6.91. The zero-order valence-corrected chi connectivity index (χ0v) is 14.1. The minimum absolute atomic E-state index is 0.0570. The van der Waals surface area contributed by atoms with Crippen LogP contribution in [0.1, 0.15) is 37.5 Å². The molecule has 7 heteroatoms. The predicted octanol–water partition coefficient (Wildman–Crippen LogP) is 1.69. The third kappa shape index (κ3) is 2.95. The summed E-state index contributed by atoms with van der Waals surface area (Å²) in [6, 6.07) is 3.58. The quantitative estimate of drug-likeness (QED) is 0.844. The van der Waals surface area contributed by atoms with Crippen LogP contribution in [0.2, 0.25) is 0 Å². The Bertz CT molecular complexity index is 587. The molecular formula is C15H25N3O3S. The molecule has 3 rings (SSSR count). The molecule has 6 nitrogen and oxygen atoms in total. The topological polar surface area (TPSA) is 57.0 Å². The first-order valence-corrected chi connectivity index (χ1v) is 9.36. The van der Waals surface area contributed by atoms with Gasteiger partial charge in [-0.1, -0.05) is 0 Å². The second kappa shape index (κ2) is 6.31. The first-order valence-electron chi connectivity index (χ1n) is 7.97. The summed E-state index contributed by atoms with van der Waals surface area (Å²) in [5, 5.41) is 0. The van der Waals surface area contributed by atoms with Gasteiger partial charge >= 0.3 is 0 Å². The van der Waals surface area contributed by atoms with Gasteiger partial charge in [0.1, 0.15) is 5.76 Å². The molecular weight excluding hydrogens is 302 g/mol. The van der Waals surface area contributed by atoms with Gasteiger partial charge in [0.25, 0.3) is 10.2 Å². The SMILES string of the molecule is CN1CCC[C@@H](N(C)S(=O)(=O)N2CCC[C@@H]2c2ccco2)C1. The lowest BCUT2D eigenvalue weighted by atomic mass is 10.1. The van der Waals surface area contributed by atoms with Crippen LogP contribution in [0.5, 0.6) is 0 Å². The molecule has 2 fully saturated rings. The Balaban J connectivity index is 1.79. The van der Waals surface area contributed by atoms with Crippen molar-refractivity contribution < 1.29 is 12.8 Å². The standard InChI is InChI=1S/C15H25N3O3S/c1-16-9-3-6-13(12-16)17(2)22(19,20)18-10-4-7-14(18)15-8-5-11-21-15/h5,8,11,13-14H,3-4,6-7,9-10,12H2,1-2H3/t13-,14-/m1/s1. The van der Waals surface area contributed by atoms with Gasteiger partial charge in [-0.05, 0) is 51.4 Å². The van der Waals surface area contributed by atoms with Gasteiger partial charge in [-0.3, -0.25) is 0 Å². The monoisotopic (exact) mass is 327 g/mol. The maximum atomic E-state index is 13.0. The molecule has 0 aromatic carbocycles. The maximum absolute atomic E-state index is 13.0. The summed E-state index contributed by atoms with van der Waals surface area (Å²) >= 11 is 0. The van der Waals surface area contributed by atoms with Crippen molar-refractivity contribution in [1.29, 1.82) is 0 Å². The molecule has 0 aliphatic carbocycles. The first-order chi connectivity index (χ1) is 10.5. The number of hydrogen-bond acceptors (Lipinski definition) is 4. The summed E-state index contributed by atoms with van der Waals surface area (Å²) in [6.45, 7) is 2.42. The van der Waals surface area contributed by atoms with Crippen molar-refractivity contribution in [2.24, 2.45) is 0 Å². The average molecular weight is 327 g/mol. The number of furan rings is 1. The minimum atomic E-state index is -3.46. The molecule has 2 atom stereocenters. The molecule has 0 spiro atoms. The van der Waals surface area contributed by atoms with Crippen molar-refractivity contribution in [1.82, 2.24) is 13.5 Å². The van der Waals surface area contributed by atoms with Gasteiger partial charge in [0, 0.05) is 26.2 Å². The van der Waals surface area contributed by atoms with Crippen molar-refractivity contribution in [3.63, 3.8) is 0 Å². The highest BCUT2D eigenvalue weighted by Gasteiger charge is 2.41. The molecule has 124 valence electrons. The Kier molecular flexibility index (Phi) is 4.59. The normalized spacial score (nSPS) is 28.5. The van der Waals surface area contributed by atoms with Crippen LogP contribution in [0.3, 0.4) is 0 Å². The average Bonchev–Trinajstić information content (AvgIpc) is 3.16. The lowest BCUT2D eigenvalue weighted by Gasteiger charge is -2.37. The van der Waals surface area contributed by atoms with Gasteiger partial charge in [-0.25, -0.2) is 0 Å². The third-order valence-electron chi connectivity index (χ3n) is 4.85. The Labute approximate surface area is 132 Å². The van der Waals surface area contributed by atoms with E-state index in [1.807, 2.05) is 19.2 Å². The number of hydrogen-bond donors (Lipinski definition) is 0. The summed E-state index contributed by atoms with van der Waals surface area (Å²) in [4.78, 5) is 2.20.